The van der Waals surface area contributed by atoms with E-state index in [0.29, 0.717) is 0 Å². The van der Waals surface area contributed by atoms with Gasteiger partial charge in [-0.05, 0) is 25.5 Å². The van der Waals surface area contributed by atoms with Gasteiger partial charge < -0.3 is 10.4 Å². The first-order chi connectivity index (χ1) is 6.77. The maximum absolute atomic E-state index is 12.7. The summed E-state index contributed by atoms with van der Waals surface area (Å²) in [5.74, 6) is -0.327. The van der Waals surface area contributed by atoms with Crippen LogP contribution in [0.4, 0.5) is 4.39 Å². The number of hydrogen-bond acceptors (Lipinski definition) is 2. The third kappa shape index (κ3) is 1.87. The topological polar surface area (TPSA) is 32.3 Å². The van der Waals surface area contributed by atoms with Crippen LogP contribution < -0.4 is 5.32 Å². The second-order valence-electron chi connectivity index (χ2n) is 3.71. The smallest absolute Gasteiger partial charge is 0.126 e. The van der Waals surface area contributed by atoms with Crippen molar-refractivity contribution < 1.29 is 9.50 Å². The quantitative estimate of drug-likeness (QED) is 0.721. The molecule has 2 N–H and O–H groups in total. The van der Waals surface area contributed by atoms with Crippen LogP contribution in [-0.4, -0.2) is 11.7 Å². The van der Waals surface area contributed by atoms with Crippen LogP contribution >= 0.6 is 0 Å². The third-order valence-electron chi connectivity index (χ3n) is 2.68. The summed E-state index contributed by atoms with van der Waals surface area (Å²) in [5.41, 5.74) is 0.811. The van der Waals surface area contributed by atoms with Crippen LogP contribution in [0.25, 0.3) is 0 Å². The van der Waals surface area contributed by atoms with E-state index in [1.807, 2.05) is 0 Å². The molecule has 1 aromatic carbocycles. The lowest BCUT2D eigenvalue weighted by atomic mass is 9.97. The zero-order chi connectivity index (χ0) is 9.97. The molecular formula is C11H14FNO. The zero-order valence-electron chi connectivity index (χ0n) is 7.96. The molecule has 1 heterocycles. The number of halogens is 1. The average molecular weight is 195 g/mol. The van der Waals surface area contributed by atoms with Gasteiger partial charge in [0.25, 0.3) is 0 Å². The molecule has 2 rings (SSSR count). The largest absolute Gasteiger partial charge is 0.508 e. The van der Waals surface area contributed by atoms with E-state index in [-0.39, 0.29) is 17.6 Å². The monoisotopic (exact) mass is 195 g/mol. The van der Waals surface area contributed by atoms with Crippen LogP contribution in [0.2, 0.25) is 0 Å². The van der Waals surface area contributed by atoms with Crippen molar-refractivity contribution in [3.05, 3.63) is 29.6 Å². The van der Waals surface area contributed by atoms with Gasteiger partial charge in [-0.2, -0.15) is 0 Å². The van der Waals surface area contributed by atoms with Gasteiger partial charge in [0.05, 0.1) is 0 Å². The summed E-state index contributed by atoms with van der Waals surface area (Å²) in [6.45, 7) is 0.974. The highest BCUT2D eigenvalue weighted by atomic mass is 19.1. The Labute approximate surface area is 82.8 Å². The Balaban J connectivity index is 2.22. The number of piperidine rings is 1. The van der Waals surface area contributed by atoms with E-state index in [0.717, 1.165) is 24.9 Å². The van der Waals surface area contributed by atoms with E-state index in [1.54, 1.807) is 6.07 Å². The summed E-state index contributed by atoms with van der Waals surface area (Å²) in [5, 5.41) is 12.9. The molecule has 0 amide bonds. The van der Waals surface area contributed by atoms with Gasteiger partial charge in [0.1, 0.15) is 11.6 Å². The summed E-state index contributed by atoms with van der Waals surface area (Å²) >= 11 is 0. The molecule has 2 nitrogen and oxygen atoms in total. The molecule has 0 spiro atoms. The fourth-order valence-corrected chi connectivity index (χ4v) is 1.93. The van der Waals surface area contributed by atoms with Crippen LogP contribution in [-0.2, 0) is 0 Å². The summed E-state index contributed by atoms with van der Waals surface area (Å²) in [7, 11) is 0. The molecule has 1 aliphatic heterocycles. The number of phenolic OH excluding ortho intramolecular Hbond substituents is 1. The fraction of sp³-hybridized carbons (Fsp3) is 0.455. The van der Waals surface area contributed by atoms with Crippen molar-refractivity contribution in [3.63, 3.8) is 0 Å². The van der Waals surface area contributed by atoms with Crippen LogP contribution in [0, 0.1) is 5.82 Å². The molecule has 1 aliphatic rings. The average Bonchev–Trinajstić information content (AvgIpc) is 2.19. The zero-order valence-corrected chi connectivity index (χ0v) is 7.96. The van der Waals surface area contributed by atoms with Crippen molar-refractivity contribution in [3.8, 4) is 5.75 Å². The van der Waals surface area contributed by atoms with Gasteiger partial charge in [0.2, 0.25) is 0 Å². The summed E-state index contributed by atoms with van der Waals surface area (Å²) in [6, 6.07) is 4.41. The predicted molar refractivity (Wildman–Crippen MR) is 52.7 cm³/mol. The third-order valence-corrected chi connectivity index (χ3v) is 2.68. The van der Waals surface area contributed by atoms with Gasteiger partial charge >= 0.3 is 0 Å². The molecule has 0 bridgehead atoms. The van der Waals surface area contributed by atoms with Crippen molar-refractivity contribution >= 4 is 0 Å². The number of phenols is 1. The second-order valence-corrected chi connectivity index (χ2v) is 3.71. The van der Waals surface area contributed by atoms with Crippen molar-refractivity contribution in [1.29, 1.82) is 0 Å². The van der Waals surface area contributed by atoms with Gasteiger partial charge in [0, 0.05) is 17.7 Å². The number of rotatable bonds is 1. The number of benzene rings is 1. The first kappa shape index (κ1) is 9.46. The van der Waals surface area contributed by atoms with E-state index >= 15 is 0 Å². The highest BCUT2D eigenvalue weighted by Crippen LogP contribution is 2.29. The molecule has 1 fully saturated rings. The van der Waals surface area contributed by atoms with Crippen LogP contribution in [0.5, 0.6) is 5.75 Å². The van der Waals surface area contributed by atoms with Gasteiger partial charge in [-0.15, -0.1) is 0 Å². The number of aromatic hydroxyl groups is 1. The molecule has 76 valence electrons. The van der Waals surface area contributed by atoms with Crippen molar-refractivity contribution in [2.24, 2.45) is 0 Å². The molecule has 3 heteroatoms. The molecule has 1 atom stereocenters. The van der Waals surface area contributed by atoms with E-state index in [4.69, 9.17) is 0 Å². The Morgan fingerprint density at radius 2 is 2.21 bits per heavy atom. The van der Waals surface area contributed by atoms with E-state index in [1.165, 1.54) is 18.6 Å². The maximum Gasteiger partial charge on any atom is 0.126 e. The summed E-state index contributed by atoms with van der Waals surface area (Å²) in [6.07, 6.45) is 3.35. The standard InChI is InChI=1S/C11H14FNO/c12-8-4-5-9(11(14)7-8)10-3-1-2-6-13-10/h4-5,7,10,13-14H,1-3,6H2/t10-/m0/s1. The van der Waals surface area contributed by atoms with E-state index < -0.39 is 0 Å². The lowest BCUT2D eigenvalue weighted by molar-refractivity contribution is 0.389. The first-order valence-electron chi connectivity index (χ1n) is 4.99. The molecule has 14 heavy (non-hydrogen) atoms. The first-order valence-corrected chi connectivity index (χ1v) is 4.99. The molecule has 1 saturated heterocycles. The lowest BCUT2D eigenvalue weighted by Gasteiger charge is -2.24. The lowest BCUT2D eigenvalue weighted by Crippen LogP contribution is -2.26. The Morgan fingerprint density at radius 1 is 1.36 bits per heavy atom. The minimum atomic E-state index is -0.387. The minimum absolute atomic E-state index is 0.0596. The molecule has 0 aliphatic carbocycles. The van der Waals surface area contributed by atoms with Crippen LogP contribution in [0.15, 0.2) is 18.2 Å². The van der Waals surface area contributed by atoms with Gasteiger partial charge in [-0.3, -0.25) is 0 Å². The Kier molecular flexibility index (Phi) is 2.68. The van der Waals surface area contributed by atoms with Crippen LogP contribution in [0.1, 0.15) is 30.9 Å². The SMILES string of the molecule is Oc1cc(F)ccc1[C@@H]1CCCCN1. The number of nitrogens with one attached hydrogen (secondary N) is 1. The van der Waals surface area contributed by atoms with Gasteiger partial charge in [0.15, 0.2) is 0 Å². The highest BCUT2D eigenvalue weighted by Gasteiger charge is 2.17. The molecular weight excluding hydrogens is 181 g/mol. The Morgan fingerprint density at radius 3 is 2.86 bits per heavy atom. The van der Waals surface area contributed by atoms with E-state index in [9.17, 15) is 9.50 Å². The summed E-state index contributed by atoms with van der Waals surface area (Å²) < 4.78 is 12.7. The van der Waals surface area contributed by atoms with E-state index in [2.05, 4.69) is 5.32 Å². The summed E-state index contributed by atoms with van der Waals surface area (Å²) in [4.78, 5) is 0. The van der Waals surface area contributed by atoms with Crippen molar-refractivity contribution in [2.45, 2.75) is 25.3 Å². The molecule has 0 unspecified atom stereocenters. The fourth-order valence-electron chi connectivity index (χ4n) is 1.93. The van der Waals surface area contributed by atoms with Gasteiger partial charge in [-0.25, -0.2) is 4.39 Å². The molecule has 1 aromatic rings. The highest BCUT2D eigenvalue weighted by molar-refractivity contribution is 5.35. The second kappa shape index (κ2) is 3.96. The molecule has 0 saturated carbocycles. The van der Waals surface area contributed by atoms with Gasteiger partial charge in [-0.1, -0.05) is 12.5 Å². The molecule has 0 radical (unpaired) electrons. The molecule has 0 aromatic heterocycles. The predicted octanol–water partition coefficient (Wildman–Crippen LogP) is 2.35. The normalized spacial score (nSPS) is 22.2. The maximum atomic E-state index is 12.7. The van der Waals surface area contributed by atoms with Crippen molar-refractivity contribution in [2.75, 3.05) is 6.54 Å². The Hall–Kier alpha value is -1.09. The minimum Gasteiger partial charge on any atom is -0.508 e. The van der Waals surface area contributed by atoms with Crippen LogP contribution in [0.3, 0.4) is 0 Å². The number of hydrogen-bond donors (Lipinski definition) is 2. The van der Waals surface area contributed by atoms with Crippen molar-refractivity contribution in [1.82, 2.24) is 5.32 Å². The Bertz CT molecular complexity index is 321.